The number of rotatable bonds is 4. The van der Waals surface area contributed by atoms with Gasteiger partial charge in [-0.2, -0.15) is 0 Å². The molecule has 1 saturated heterocycles. The lowest BCUT2D eigenvalue weighted by Gasteiger charge is -2.32. The van der Waals surface area contributed by atoms with Gasteiger partial charge >= 0.3 is 0 Å². The van der Waals surface area contributed by atoms with Crippen LogP contribution < -0.4 is 0 Å². The van der Waals surface area contributed by atoms with E-state index in [1.165, 1.54) is 12.1 Å². The first-order chi connectivity index (χ1) is 8.72. The van der Waals surface area contributed by atoms with E-state index in [0.29, 0.717) is 13.2 Å². The predicted octanol–water partition coefficient (Wildman–Crippen LogP) is 2.09. The monoisotopic (exact) mass is 269 g/mol. The molecule has 1 aromatic rings. The van der Waals surface area contributed by atoms with Crippen molar-refractivity contribution in [3.63, 3.8) is 0 Å². The van der Waals surface area contributed by atoms with E-state index >= 15 is 0 Å². The molecule has 0 bridgehead atoms. The average molecular weight is 269 g/mol. The number of hydrogen-bond acceptors (Lipinski definition) is 3. The first-order valence-corrected chi connectivity index (χ1v) is 6.92. The second-order valence-corrected chi connectivity index (χ2v) is 5.33. The van der Waals surface area contributed by atoms with Crippen LogP contribution in [0.15, 0.2) is 24.3 Å². The lowest BCUT2D eigenvalue weighted by Crippen LogP contribution is -2.41. The van der Waals surface area contributed by atoms with Crippen LogP contribution in [0.25, 0.3) is 0 Å². The number of ether oxygens (including phenoxy) is 1. The van der Waals surface area contributed by atoms with Crippen LogP contribution in [0.4, 0.5) is 4.39 Å². The highest BCUT2D eigenvalue weighted by atomic mass is 32.2. The molecular weight excluding hydrogens is 253 g/mol. The number of thioether (sulfide) groups is 1. The smallest absolute Gasteiger partial charge is 0.240 e. The van der Waals surface area contributed by atoms with Crippen molar-refractivity contribution in [1.29, 1.82) is 0 Å². The molecule has 1 aromatic carbocycles. The fraction of sp³-hybridized carbons (Fsp3) is 0.462. The third-order valence-corrected chi connectivity index (χ3v) is 4.15. The normalized spacial score (nSPS) is 20.2. The van der Waals surface area contributed by atoms with Gasteiger partial charge in [-0.3, -0.25) is 4.79 Å². The minimum atomic E-state index is -0.275. The SMILES string of the molecule is COCCN1CCSC(c2ccc(F)cc2)C1=O. The number of methoxy groups -OCH3 is 1. The summed E-state index contributed by atoms with van der Waals surface area (Å²) in [6.45, 7) is 1.92. The zero-order chi connectivity index (χ0) is 13.0. The second kappa shape index (κ2) is 6.20. The molecular formula is C13H16FNO2S. The van der Waals surface area contributed by atoms with E-state index < -0.39 is 0 Å². The summed E-state index contributed by atoms with van der Waals surface area (Å²) in [7, 11) is 1.63. The van der Waals surface area contributed by atoms with Crippen LogP contribution in [-0.4, -0.2) is 43.4 Å². The van der Waals surface area contributed by atoms with Gasteiger partial charge in [0.2, 0.25) is 5.91 Å². The van der Waals surface area contributed by atoms with Gasteiger partial charge in [-0.1, -0.05) is 12.1 Å². The Hall–Kier alpha value is -1.07. The van der Waals surface area contributed by atoms with Crippen molar-refractivity contribution in [2.45, 2.75) is 5.25 Å². The number of carbonyl (C=O) groups excluding carboxylic acids is 1. The Bertz CT molecular complexity index is 410. The van der Waals surface area contributed by atoms with Crippen LogP contribution in [0.2, 0.25) is 0 Å². The third kappa shape index (κ3) is 3.03. The van der Waals surface area contributed by atoms with Crippen LogP contribution in [0, 0.1) is 5.82 Å². The van der Waals surface area contributed by atoms with Crippen molar-refractivity contribution >= 4 is 17.7 Å². The van der Waals surface area contributed by atoms with Gasteiger partial charge in [0.15, 0.2) is 0 Å². The summed E-state index contributed by atoms with van der Waals surface area (Å²) >= 11 is 1.61. The summed E-state index contributed by atoms with van der Waals surface area (Å²) in [6.07, 6.45) is 0. The summed E-state index contributed by atoms with van der Waals surface area (Å²) in [5.74, 6) is 0.718. The van der Waals surface area contributed by atoms with Gasteiger partial charge in [-0.15, -0.1) is 11.8 Å². The largest absolute Gasteiger partial charge is 0.383 e. The van der Waals surface area contributed by atoms with E-state index in [4.69, 9.17) is 4.74 Å². The summed E-state index contributed by atoms with van der Waals surface area (Å²) in [6, 6.07) is 6.17. The molecule has 1 fully saturated rings. The zero-order valence-electron chi connectivity index (χ0n) is 10.3. The Kier molecular flexibility index (Phi) is 4.60. The van der Waals surface area contributed by atoms with Gasteiger partial charge < -0.3 is 9.64 Å². The molecule has 0 saturated carbocycles. The Morgan fingerprint density at radius 2 is 2.17 bits per heavy atom. The van der Waals surface area contributed by atoms with Crippen LogP contribution in [0.5, 0.6) is 0 Å². The average Bonchev–Trinajstić information content (AvgIpc) is 2.39. The lowest BCUT2D eigenvalue weighted by molar-refractivity contribution is -0.131. The maximum Gasteiger partial charge on any atom is 0.240 e. The fourth-order valence-corrected chi connectivity index (χ4v) is 3.13. The highest BCUT2D eigenvalue weighted by Crippen LogP contribution is 2.34. The number of amides is 1. The molecule has 1 atom stereocenters. The molecule has 0 aliphatic carbocycles. The minimum Gasteiger partial charge on any atom is -0.383 e. The predicted molar refractivity (Wildman–Crippen MR) is 70.1 cm³/mol. The number of halogens is 1. The molecule has 98 valence electrons. The van der Waals surface area contributed by atoms with E-state index in [1.807, 2.05) is 4.90 Å². The van der Waals surface area contributed by atoms with Gasteiger partial charge in [0, 0.05) is 26.0 Å². The van der Waals surface area contributed by atoms with Crippen LogP contribution in [0.1, 0.15) is 10.8 Å². The summed E-state index contributed by atoms with van der Waals surface area (Å²) < 4.78 is 17.9. The maximum absolute atomic E-state index is 12.9. The van der Waals surface area contributed by atoms with Gasteiger partial charge in [-0.05, 0) is 17.7 Å². The van der Waals surface area contributed by atoms with E-state index in [-0.39, 0.29) is 17.0 Å². The Balaban J connectivity index is 2.08. The molecule has 1 aliphatic rings. The Morgan fingerprint density at radius 1 is 1.44 bits per heavy atom. The minimum absolute atomic E-state index is 0.0925. The summed E-state index contributed by atoms with van der Waals surface area (Å²) in [5, 5.41) is -0.212. The van der Waals surface area contributed by atoms with Crippen molar-refractivity contribution in [2.24, 2.45) is 0 Å². The molecule has 0 N–H and O–H groups in total. The molecule has 2 rings (SSSR count). The zero-order valence-corrected chi connectivity index (χ0v) is 11.1. The van der Waals surface area contributed by atoms with E-state index in [0.717, 1.165) is 17.9 Å². The highest BCUT2D eigenvalue weighted by Gasteiger charge is 2.30. The molecule has 1 aliphatic heterocycles. The number of carbonyl (C=O) groups is 1. The van der Waals surface area contributed by atoms with E-state index in [9.17, 15) is 9.18 Å². The standard InChI is InChI=1S/C13H16FNO2S/c1-17-8-6-15-7-9-18-12(13(15)16)10-2-4-11(14)5-3-10/h2-5,12H,6-9H2,1H3. The molecule has 18 heavy (non-hydrogen) atoms. The summed E-state index contributed by atoms with van der Waals surface area (Å²) in [4.78, 5) is 14.1. The number of nitrogens with zero attached hydrogens (tertiary/aromatic N) is 1. The molecule has 1 amide bonds. The third-order valence-electron chi connectivity index (χ3n) is 2.92. The van der Waals surface area contributed by atoms with Gasteiger partial charge in [0.05, 0.1) is 6.61 Å². The first kappa shape index (κ1) is 13.4. The molecule has 3 nitrogen and oxygen atoms in total. The highest BCUT2D eigenvalue weighted by molar-refractivity contribution is 8.00. The summed E-state index contributed by atoms with van der Waals surface area (Å²) in [5.41, 5.74) is 0.869. The van der Waals surface area contributed by atoms with Crippen LogP contribution in [0.3, 0.4) is 0 Å². The van der Waals surface area contributed by atoms with Crippen LogP contribution in [-0.2, 0) is 9.53 Å². The quantitative estimate of drug-likeness (QED) is 0.838. The second-order valence-electron chi connectivity index (χ2n) is 4.12. The Labute approximate surface area is 110 Å². The van der Waals surface area contributed by atoms with Crippen molar-refractivity contribution < 1.29 is 13.9 Å². The van der Waals surface area contributed by atoms with Crippen LogP contribution >= 0.6 is 11.8 Å². The molecule has 1 heterocycles. The molecule has 5 heteroatoms. The molecule has 1 unspecified atom stereocenters. The fourth-order valence-electron chi connectivity index (χ4n) is 1.93. The van der Waals surface area contributed by atoms with Crippen molar-refractivity contribution in [2.75, 3.05) is 32.6 Å². The van der Waals surface area contributed by atoms with E-state index in [1.54, 1.807) is 31.0 Å². The van der Waals surface area contributed by atoms with Gasteiger partial charge in [-0.25, -0.2) is 4.39 Å². The van der Waals surface area contributed by atoms with Gasteiger partial charge in [0.25, 0.3) is 0 Å². The number of hydrogen-bond donors (Lipinski definition) is 0. The van der Waals surface area contributed by atoms with Gasteiger partial charge in [0.1, 0.15) is 11.1 Å². The Morgan fingerprint density at radius 3 is 2.83 bits per heavy atom. The number of benzene rings is 1. The molecule has 0 radical (unpaired) electrons. The van der Waals surface area contributed by atoms with Crippen molar-refractivity contribution in [1.82, 2.24) is 4.90 Å². The maximum atomic E-state index is 12.9. The van der Waals surface area contributed by atoms with Crippen molar-refractivity contribution in [3.05, 3.63) is 35.6 Å². The molecule has 0 aromatic heterocycles. The van der Waals surface area contributed by atoms with Crippen molar-refractivity contribution in [3.8, 4) is 0 Å². The first-order valence-electron chi connectivity index (χ1n) is 5.87. The van der Waals surface area contributed by atoms with E-state index in [2.05, 4.69) is 0 Å². The lowest BCUT2D eigenvalue weighted by atomic mass is 10.1. The molecule has 0 spiro atoms. The topological polar surface area (TPSA) is 29.5 Å².